The third-order valence-corrected chi connectivity index (χ3v) is 4.89. The van der Waals surface area contributed by atoms with Gasteiger partial charge in [0.2, 0.25) is 0 Å². The van der Waals surface area contributed by atoms with Gasteiger partial charge in [0.1, 0.15) is 11.5 Å². The smallest absolute Gasteiger partial charge is 0.423 e. The lowest BCUT2D eigenvalue weighted by atomic mass is 9.89. The number of rotatable bonds is 3. The van der Waals surface area contributed by atoms with Crippen LogP contribution in [-0.4, -0.2) is 39.6 Å². The minimum absolute atomic E-state index is 0.00571. The van der Waals surface area contributed by atoms with E-state index in [1.54, 1.807) is 6.92 Å². The number of ether oxygens (including phenoxy) is 1. The number of benzene rings is 1. The number of amides is 3. The van der Waals surface area contributed by atoms with Crippen LogP contribution in [0.5, 0.6) is 0 Å². The van der Waals surface area contributed by atoms with Gasteiger partial charge in [-0.15, -0.1) is 0 Å². The van der Waals surface area contributed by atoms with Crippen LogP contribution in [0.25, 0.3) is 0 Å². The van der Waals surface area contributed by atoms with Crippen molar-refractivity contribution in [2.45, 2.75) is 25.9 Å². The number of carbonyl (C=O) groups is 3. The van der Waals surface area contributed by atoms with Crippen molar-refractivity contribution < 1.29 is 28.6 Å². The second-order valence-electron chi connectivity index (χ2n) is 6.27. The van der Waals surface area contributed by atoms with Crippen molar-refractivity contribution in [2.24, 2.45) is 0 Å². The number of anilines is 1. The van der Waals surface area contributed by atoms with Crippen LogP contribution < -0.4 is 10.2 Å². The summed E-state index contributed by atoms with van der Waals surface area (Å²) in [6.07, 6.45) is -1.23. The molecular formula is C17H16BrFN4O5. The lowest BCUT2D eigenvalue weighted by Gasteiger charge is -2.36. The molecule has 9 nitrogen and oxygen atoms in total. The van der Waals surface area contributed by atoms with Crippen LogP contribution in [-0.2, 0) is 16.8 Å². The van der Waals surface area contributed by atoms with Gasteiger partial charge in [0.15, 0.2) is 0 Å². The second-order valence-corrected chi connectivity index (χ2v) is 7.12. The zero-order valence-electron chi connectivity index (χ0n) is 14.9. The quantitative estimate of drug-likeness (QED) is 0.736. The standard InChI is InChI=1S/C17H16BrFN4O5/c1-3-28-16(27)23(15(25)26)9-4-5-12(19)10(6-9)17(2)8-22-13(14(24)21-17)11(18)7-20-22/h4-7H,3,8H2,1-2H3,(H,21,24)(H,25,26). The van der Waals surface area contributed by atoms with E-state index in [4.69, 9.17) is 4.74 Å². The highest BCUT2D eigenvalue weighted by atomic mass is 79.9. The summed E-state index contributed by atoms with van der Waals surface area (Å²) in [6, 6.07) is 3.38. The number of aromatic nitrogens is 2. The molecule has 28 heavy (non-hydrogen) atoms. The van der Waals surface area contributed by atoms with Gasteiger partial charge in [-0.2, -0.15) is 10.00 Å². The molecule has 0 radical (unpaired) electrons. The van der Waals surface area contributed by atoms with E-state index < -0.39 is 29.4 Å². The van der Waals surface area contributed by atoms with Crippen molar-refractivity contribution in [1.82, 2.24) is 15.1 Å². The molecule has 2 aromatic rings. The molecule has 0 spiro atoms. The Balaban J connectivity index is 2.05. The molecule has 3 amide bonds. The summed E-state index contributed by atoms with van der Waals surface area (Å²) in [5.41, 5.74) is -1.03. The largest absolute Gasteiger partial charge is 0.464 e. The lowest BCUT2D eigenvalue weighted by Crippen LogP contribution is -2.52. The van der Waals surface area contributed by atoms with Crippen molar-refractivity contribution in [2.75, 3.05) is 11.5 Å². The summed E-state index contributed by atoms with van der Waals surface area (Å²) < 4.78 is 21.3. The fourth-order valence-corrected chi connectivity index (χ4v) is 3.54. The molecule has 0 aliphatic carbocycles. The molecule has 1 aliphatic rings. The maximum absolute atomic E-state index is 14.6. The first-order valence-electron chi connectivity index (χ1n) is 8.21. The van der Waals surface area contributed by atoms with Gasteiger partial charge >= 0.3 is 12.2 Å². The van der Waals surface area contributed by atoms with Gasteiger partial charge in [0.25, 0.3) is 5.91 Å². The monoisotopic (exact) mass is 454 g/mol. The molecule has 148 valence electrons. The van der Waals surface area contributed by atoms with E-state index in [1.165, 1.54) is 23.9 Å². The first-order chi connectivity index (χ1) is 13.2. The fraction of sp³-hybridized carbons (Fsp3) is 0.294. The van der Waals surface area contributed by atoms with E-state index in [-0.39, 0.29) is 24.4 Å². The minimum atomic E-state index is -1.58. The van der Waals surface area contributed by atoms with Crippen LogP contribution >= 0.6 is 15.9 Å². The highest BCUT2D eigenvalue weighted by Gasteiger charge is 2.40. The molecule has 1 aliphatic heterocycles. The number of nitrogens with one attached hydrogen (secondary N) is 1. The molecule has 2 N–H and O–H groups in total. The highest BCUT2D eigenvalue weighted by molar-refractivity contribution is 9.10. The van der Waals surface area contributed by atoms with Gasteiger partial charge in [0.05, 0.1) is 35.0 Å². The van der Waals surface area contributed by atoms with Crippen LogP contribution in [0.3, 0.4) is 0 Å². The lowest BCUT2D eigenvalue weighted by molar-refractivity contribution is 0.0835. The maximum atomic E-state index is 14.6. The summed E-state index contributed by atoms with van der Waals surface area (Å²) in [5.74, 6) is -1.14. The first-order valence-corrected chi connectivity index (χ1v) is 9.01. The Morgan fingerprint density at radius 3 is 2.86 bits per heavy atom. The molecule has 1 unspecified atom stereocenters. The number of hydrogen-bond acceptors (Lipinski definition) is 5. The third-order valence-electron chi connectivity index (χ3n) is 4.31. The van der Waals surface area contributed by atoms with Crippen molar-refractivity contribution >= 4 is 39.7 Å². The molecule has 0 saturated heterocycles. The Hall–Kier alpha value is -2.95. The number of fused-ring (bicyclic) bond motifs is 1. The summed E-state index contributed by atoms with van der Waals surface area (Å²) in [4.78, 5) is 36.4. The van der Waals surface area contributed by atoms with Crippen molar-refractivity contribution in [3.8, 4) is 0 Å². The Bertz CT molecular complexity index is 978. The summed E-state index contributed by atoms with van der Waals surface area (Å²) in [7, 11) is 0. The highest BCUT2D eigenvalue weighted by Crippen LogP contribution is 2.34. The number of carboxylic acid groups (broad SMARTS) is 1. The molecule has 1 atom stereocenters. The van der Waals surface area contributed by atoms with E-state index in [1.807, 2.05) is 0 Å². The van der Waals surface area contributed by atoms with Crippen LogP contribution in [0.4, 0.5) is 19.7 Å². The van der Waals surface area contributed by atoms with E-state index in [2.05, 4.69) is 26.3 Å². The summed E-state index contributed by atoms with van der Waals surface area (Å²) in [5, 5.41) is 16.2. The van der Waals surface area contributed by atoms with Crippen molar-refractivity contribution in [1.29, 1.82) is 0 Å². The van der Waals surface area contributed by atoms with Crippen LogP contribution in [0.2, 0.25) is 0 Å². The summed E-state index contributed by atoms with van der Waals surface area (Å²) >= 11 is 3.24. The van der Waals surface area contributed by atoms with Crippen LogP contribution in [0.15, 0.2) is 28.9 Å². The van der Waals surface area contributed by atoms with Gasteiger partial charge < -0.3 is 15.2 Å². The topological polar surface area (TPSA) is 114 Å². The minimum Gasteiger partial charge on any atom is -0.464 e. The normalized spacial score (nSPS) is 18.2. The van der Waals surface area contributed by atoms with Gasteiger partial charge in [-0.3, -0.25) is 9.48 Å². The van der Waals surface area contributed by atoms with E-state index >= 15 is 0 Å². The Labute approximate surface area is 167 Å². The SMILES string of the molecule is CCOC(=O)N(C(=O)O)c1ccc(F)c(C2(C)Cn3ncc(Br)c3C(=O)N2)c1. The molecule has 1 aromatic heterocycles. The molecule has 0 fully saturated rings. The molecule has 2 heterocycles. The number of halogens is 2. The average molecular weight is 455 g/mol. The zero-order valence-corrected chi connectivity index (χ0v) is 16.5. The van der Waals surface area contributed by atoms with Gasteiger partial charge in [-0.25, -0.2) is 14.0 Å². The van der Waals surface area contributed by atoms with Gasteiger partial charge in [-0.1, -0.05) is 0 Å². The molecule has 11 heteroatoms. The van der Waals surface area contributed by atoms with Crippen molar-refractivity contribution in [3.05, 3.63) is 45.9 Å². The van der Waals surface area contributed by atoms with Gasteiger partial charge in [-0.05, 0) is 48.0 Å². The maximum Gasteiger partial charge on any atom is 0.423 e. The summed E-state index contributed by atoms with van der Waals surface area (Å²) in [6.45, 7) is 3.20. The fourth-order valence-electron chi connectivity index (χ4n) is 3.07. The number of carbonyl (C=O) groups excluding carboxylic acids is 2. The van der Waals surface area contributed by atoms with E-state index in [0.717, 1.165) is 12.1 Å². The molecular weight excluding hydrogens is 439 g/mol. The zero-order chi connectivity index (χ0) is 20.6. The first kappa shape index (κ1) is 19.8. The molecule has 3 rings (SSSR count). The van der Waals surface area contributed by atoms with Crippen LogP contribution in [0, 0.1) is 5.82 Å². The Morgan fingerprint density at radius 2 is 2.21 bits per heavy atom. The van der Waals surface area contributed by atoms with E-state index in [9.17, 15) is 23.9 Å². The average Bonchev–Trinajstić information content (AvgIpc) is 2.97. The Morgan fingerprint density at radius 1 is 1.50 bits per heavy atom. The number of hydrogen-bond donors (Lipinski definition) is 2. The third kappa shape index (κ3) is 3.33. The number of imide groups is 1. The molecule has 0 bridgehead atoms. The van der Waals surface area contributed by atoms with Gasteiger partial charge in [0, 0.05) is 5.56 Å². The predicted octanol–water partition coefficient (Wildman–Crippen LogP) is 3.08. The van der Waals surface area contributed by atoms with Crippen molar-refractivity contribution in [3.63, 3.8) is 0 Å². The Kier molecular flexibility index (Phi) is 5.11. The number of nitrogens with zero attached hydrogens (tertiary/aromatic N) is 3. The van der Waals surface area contributed by atoms with E-state index in [0.29, 0.717) is 15.1 Å². The predicted molar refractivity (Wildman–Crippen MR) is 98.7 cm³/mol. The molecule has 1 aromatic carbocycles. The van der Waals surface area contributed by atoms with Crippen LogP contribution in [0.1, 0.15) is 29.9 Å². The molecule has 0 saturated carbocycles. The second kappa shape index (κ2) is 7.23.